The van der Waals surface area contributed by atoms with Crippen LogP contribution >= 0.6 is 0 Å². The van der Waals surface area contributed by atoms with Crippen LogP contribution in [0.1, 0.15) is 67.7 Å². The molecule has 0 aromatic heterocycles. The van der Waals surface area contributed by atoms with Crippen LogP contribution in [-0.4, -0.2) is 48.1 Å². The quantitative estimate of drug-likeness (QED) is 0.192. The van der Waals surface area contributed by atoms with E-state index in [1.165, 1.54) is 14.0 Å². The van der Waals surface area contributed by atoms with Gasteiger partial charge in [0, 0.05) is 35.2 Å². The summed E-state index contributed by atoms with van der Waals surface area (Å²) in [7, 11) is 1.26. The van der Waals surface area contributed by atoms with Crippen LogP contribution in [0, 0.1) is 38.9 Å². The van der Waals surface area contributed by atoms with E-state index in [2.05, 4.69) is 0 Å². The van der Waals surface area contributed by atoms with E-state index in [9.17, 15) is 24.3 Å². The molecule has 1 saturated heterocycles. The molecule has 1 aliphatic heterocycles. The number of carbonyl (C=O) groups is 4. The Morgan fingerprint density at radius 1 is 1.14 bits per heavy atom. The Labute approximate surface area is 211 Å². The first-order valence-corrected chi connectivity index (χ1v) is 12.7. The minimum atomic E-state index is -1.74. The Kier molecular flexibility index (Phi) is 4.88. The fraction of sp³-hybridized carbons (Fsp3) is 0.714. The fourth-order valence-corrected chi connectivity index (χ4v) is 9.58. The van der Waals surface area contributed by atoms with Crippen molar-refractivity contribution in [3.63, 3.8) is 0 Å². The Morgan fingerprint density at radius 2 is 1.78 bits per heavy atom. The van der Waals surface area contributed by atoms with Crippen molar-refractivity contribution in [3.05, 3.63) is 23.0 Å². The Balaban J connectivity index is 1.79. The highest BCUT2D eigenvalue weighted by molar-refractivity contribution is 6.17. The number of Topliss-reactive ketones (excluding diaryl/α,β-unsaturated/α-hetero) is 1. The second-order valence-electron chi connectivity index (χ2n) is 12.5. The zero-order chi connectivity index (χ0) is 26.8. The molecule has 36 heavy (non-hydrogen) atoms. The average molecular weight is 520 g/mol. The summed E-state index contributed by atoms with van der Waals surface area (Å²) in [5, 5.41) is 11.3. The van der Waals surface area contributed by atoms with E-state index in [0.29, 0.717) is 18.4 Å². The van der Waals surface area contributed by atoms with Crippen molar-refractivity contribution in [2.24, 2.45) is 38.9 Å². The Morgan fingerprint density at radius 3 is 2.36 bits per heavy atom. The molecule has 2 saturated carbocycles. The summed E-state index contributed by atoms with van der Waals surface area (Å²) in [6, 6.07) is 0. The molecule has 2 bridgehead atoms. The van der Waals surface area contributed by atoms with Crippen LogP contribution in [0.2, 0.25) is 0 Å². The van der Waals surface area contributed by atoms with Crippen LogP contribution in [0.5, 0.6) is 0 Å². The number of aliphatic hydroxyl groups is 1. The number of hydrogen-bond acceptors (Lipinski definition) is 8. The maximum absolute atomic E-state index is 14.1. The topological polar surface area (TPSA) is 116 Å². The third-order valence-electron chi connectivity index (χ3n) is 11.0. The number of ketones is 1. The van der Waals surface area contributed by atoms with Gasteiger partial charge in [-0.3, -0.25) is 19.2 Å². The highest BCUT2D eigenvalue weighted by atomic mass is 16.7. The zero-order valence-corrected chi connectivity index (χ0v) is 22.3. The van der Waals surface area contributed by atoms with Gasteiger partial charge in [0.2, 0.25) is 0 Å². The molecule has 5 rings (SSSR count). The van der Waals surface area contributed by atoms with Crippen molar-refractivity contribution >= 4 is 23.7 Å². The molecule has 0 spiro atoms. The molecule has 8 nitrogen and oxygen atoms in total. The number of hydrogen-bond donors (Lipinski definition) is 1. The molecule has 8 heteroatoms. The van der Waals surface area contributed by atoms with Gasteiger partial charge < -0.3 is 19.3 Å². The predicted molar refractivity (Wildman–Crippen MR) is 127 cm³/mol. The van der Waals surface area contributed by atoms with Gasteiger partial charge in [0.15, 0.2) is 11.2 Å². The molecule has 5 aliphatic rings. The monoisotopic (exact) mass is 520 g/mol. The normalized spacial score (nSPS) is 48.9. The van der Waals surface area contributed by atoms with E-state index < -0.39 is 50.8 Å². The summed E-state index contributed by atoms with van der Waals surface area (Å²) >= 11 is 0. The van der Waals surface area contributed by atoms with E-state index >= 15 is 0 Å². The molecular weight excluding hydrogens is 484 g/mol. The number of allylic oxidation sites excluding steroid dienone is 3. The number of fused-ring (bicyclic) bond motifs is 3. The zero-order valence-electron chi connectivity index (χ0n) is 22.3. The second kappa shape index (κ2) is 7.01. The summed E-state index contributed by atoms with van der Waals surface area (Å²) in [6.07, 6.45) is 2.14. The Bertz CT molecular complexity index is 1180. The lowest BCUT2D eigenvalue weighted by atomic mass is 10.1. The molecule has 0 aromatic carbocycles. The van der Waals surface area contributed by atoms with Crippen molar-refractivity contribution < 1.29 is 38.5 Å². The van der Waals surface area contributed by atoms with Gasteiger partial charge in [-0.1, -0.05) is 32.4 Å². The molecule has 1 heterocycles. The van der Waals surface area contributed by atoms with Gasteiger partial charge in [-0.15, -0.1) is 0 Å². The lowest BCUT2D eigenvalue weighted by Gasteiger charge is -2.66. The summed E-state index contributed by atoms with van der Waals surface area (Å²) in [6.45, 7) is 12.4. The number of esters is 3. The van der Waals surface area contributed by atoms with Gasteiger partial charge >= 0.3 is 17.9 Å². The lowest BCUT2D eigenvalue weighted by Crippen LogP contribution is -2.71. The molecule has 1 N–H and O–H groups in total. The van der Waals surface area contributed by atoms with Crippen LogP contribution in [0.15, 0.2) is 23.0 Å². The van der Waals surface area contributed by atoms with E-state index in [1.807, 2.05) is 33.8 Å². The fourth-order valence-electron chi connectivity index (χ4n) is 9.58. The molecular formula is C28H36O8. The number of ether oxygens (including phenoxy) is 3. The third kappa shape index (κ3) is 2.29. The van der Waals surface area contributed by atoms with Gasteiger partial charge in [-0.25, -0.2) is 0 Å². The largest absolute Gasteiger partial charge is 0.511 e. The predicted octanol–water partition coefficient (Wildman–Crippen LogP) is 3.83. The Hall–Kier alpha value is -2.64. The van der Waals surface area contributed by atoms with Crippen LogP contribution in [0.4, 0.5) is 0 Å². The van der Waals surface area contributed by atoms with Gasteiger partial charge in [0.05, 0.1) is 17.9 Å². The molecule has 3 fully saturated rings. The van der Waals surface area contributed by atoms with E-state index in [4.69, 9.17) is 14.2 Å². The number of methoxy groups -OCH3 is 1. The minimum Gasteiger partial charge on any atom is -0.511 e. The van der Waals surface area contributed by atoms with Gasteiger partial charge in [-0.05, 0) is 40.0 Å². The second-order valence-corrected chi connectivity index (χ2v) is 12.5. The molecule has 0 aromatic rings. The molecule has 196 valence electrons. The van der Waals surface area contributed by atoms with E-state index in [-0.39, 0.29) is 41.7 Å². The van der Waals surface area contributed by atoms with Crippen molar-refractivity contribution in [1.29, 1.82) is 0 Å². The van der Waals surface area contributed by atoms with Crippen molar-refractivity contribution in [2.75, 3.05) is 7.11 Å². The third-order valence-corrected chi connectivity index (χ3v) is 11.0. The number of carbonyl (C=O) groups excluding carboxylic acids is 4. The maximum atomic E-state index is 14.1. The first kappa shape index (κ1) is 25.0. The molecule has 2 unspecified atom stereocenters. The van der Waals surface area contributed by atoms with Crippen LogP contribution in [0.25, 0.3) is 0 Å². The van der Waals surface area contributed by atoms with Crippen LogP contribution < -0.4 is 0 Å². The lowest BCUT2D eigenvalue weighted by molar-refractivity contribution is -0.216. The summed E-state index contributed by atoms with van der Waals surface area (Å²) < 4.78 is 17.1. The number of rotatable bonds is 2. The highest BCUT2D eigenvalue weighted by Gasteiger charge is 2.84. The summed E-state index contributed by atoms with van der Waals surface area (Å²) in [4.78, 5) is 53.7. The average Bonchev–Trinajstić information content (AvgIpc) is 3.12. The van der Waals surface area contributed by atoms with Gasteiger partial charge in [0.1, 0.15) is 18.0 Å². The summed E-state index contributed by atoms with van der Waals surface area (Å²) in [5.74, 6) is -2.77. The highest BCUT2D eigenvalue weighted by Crippen LogP contribution is 2.79. The van der Waals surface area contributed by atoms with E-state index in [0.717, 1.165) is 0 Å². The van der Waals surface area contributed by atoms with Crippen molar-refractivity contribution in [1.82, 2.24) is 0 Å². The van der Waals surface area contributed by atoms with Gasteiger partial charge in [-0.2, -0.15) is 0 Å². The minimum absolute atomic E-state index is 0.121. The number of aliphatic hydroxyl groups excluding tert-OH is 1. The molecule has 9 atom stereocenters. The standard InChI is InChI=1S/C28H36O8/c1-13-11-17-25(6,28(23(33)34-8)21(31)14(2)20(30)26(13,28)7)12-16-19-24(4,5)18(35-15(3)29)9-10-27(17,19)22(32)36-16/h11,16-19,30H,9-10,12H2,1-8H3/t16-,17+,18-,19?,25-,26-,27+,28+/m1/s1/i3+1,4+1,6+1,7+1,9+1,11+1,14+1,15+1,16+1,17+1,18+1,19+1,21+1,22+1,23+1,24+1,25+1,26+1,27+1,28+1/t16-,17+,18-,19?,24?,25-,26-,27+,28+. The van der Waals surface area contributed by atoms with Crippen LogP contribution in [0.3, 0.4) is 0 Å². The van der Waals surface area contributed by atoms with Crippen molar-refractivity contribution in [3.8, 4) is 0 Å². The van der Waals surface area contributed by atoms with Gasteiger partial charge in [0.25, 0.3) is 0 Å². The molecule has 0 radical (unpaired) electrons. The molecule has 0 amide bonds. The van der Waals surface area contributed by atoms with Crippen molar-refractivity contribution in [2.45, 2.75) is 79.9 Å². The molecule has 4 aliphatic carbocycles. The SMILES string of the molecule is CO[13C](=O)[13C@]12[13C](=O)[13C](C)=C(O)[13C@@]1([13CH3])C(C)=[13CH][13C@@H]1[13C@@]34C[13CH2][13C@@H](O[13C]([13CH3])=O)[13C](C)([13CH3])[13CH]3[13C@@H](C[13C@]12[13CH3])O[13C]4=O. The van der Waals surface area contributed by atoms with Crippen LogP contribution in [-0.2, 0) is 33.4 Å². The first-order chi connectivity index (χ1) is 16.6. The first-order valence-electron chi connectivity index (χ1n) is 12.7. The maximum Gasteiger partial charge on any atom is 0.321 e. The van der Waals surface area contributed by atoms with E-state index in [1.54, 1.807) is 13.8 Å². The summed E-state index contributed by atoms with van der Waals surface area (Å²) in [5.41, 5.74) is -4.90. The smallest absolute Gasteiger partial charge is 0.321 e.